The average molecular weight is 323 g/mol. The Morgan fingerprint density at radius 1 is 1.26 bits per heavy atom. The number of aryl methyl sites for hydroxylation is 1. The summed E-state index contributed by atoms with van der Waals surface area (Å²) < 4.78 is 2.88. The van der Waals surface area contributed by atoms with Crippen molar-refractivity contribution in [3.63, 3.8) is 0 Å². The number of hydrogen-bond acceptors (Lipinski definition) is 3. The SMILES string of the molecule is CNCC(Cc1ccc(Br)cc1)Cc1cn(C)nn1. The molecule has 102 valence electrons. The van der Waals surface area contributed by atoms with E-state index in [2.05, 4.69) is 55.8 Å². The zero-order valence-corrected chi connectivity index (χ0v) is 12.9. The third-order valence-electron chi connectivity index (χ3n) is 3.08. The van der Waals surface area contributed by atoms with Crippen molar-refractivity contribution >= 4 is 15.9 Å². The molecule has 2 aromatic rings. The van der Waals surface area contributed by atoms with Gasteiger partial charge in [0.1, 0.15) is 0 Å². The van der Waals surface area contributed by atoms with Crippen LogP contribution in [0.25, 0.3) is 0 Å². The van der Waals surface area contributed by atoms with Crippen molar-refractivity contribution in [3.05, 3.63) is 46.2 Å². The average Bonchev–Trinajstić information content (AvgIpc) is 2.78. The predicted molar refractivity (Wildman–Crippen MR) is 80.0 cm³/mol. The van der Waals surface area contributed by atoms with Crippen LogP contribution in [0.3, 0.4) is 0 Å². The Balaban J connectivity index is 2.01. The van der Waals surface area contributed by atoms with E-state index in [9.17, 15) is 0 Å². The Labute approximate surface area is 122 Å². The van der Waals surface area contributed by atoms with Crippen molar-refractivity contribution in [1.82, 2.24) is 20.3 Å². The minimum absolute atomic E-state index is 0.530. The quantitative estimate of drug-likeness (QED) is 0.886. The van der Waals surface area contributed by atoms with Gasteiger partial charge in [-0.2, -0.15) is 0 Å². The number of benzene rings is 1. The topological polar surface area (TPSA) is 42.7 Å². The molecule has 0 aliphatic carbocycles. The minimum atomic E-state index is 0.530. The van der Waals surface area contributed by atoms with Gasteiger partial charge in [0.2, 0.25) is 0 Å². The van der Waals surface area contributed by atoms with Gasteiger partial charge in [0.25, 0.3) is 0 Å². The number of aromatic nitrogens is 3. The second-order valence-corrected chi connectivity index (χ2v) is 5.76. The Hall–Kier alpha value is -1.20. The Morgan fingerprint density at radius 2 is 2.00 bits per heavy atom. The summed E-state index contributed by atoms with van der Waals surface area (Å²) in [6.07, 6.45) is 3.99. The molecule has 2 rings (SSSR count). The Kier molecular flexibility index (Phi) is 5.10. The van der Waals surface area contributed by atoms with Crippen LogP contribution in [0.5, 0.6) is 0 Å². The van der Waals surface area contributed by atoms with Gasteiger partial charge in [0.15, 0.2) is 0 Å². The lowest BCUT2D eigenvalue weighted by Gasteiger charge is -2.15. The molecule has 1 aromatic heterocycles. The molecular weight excluding hydrogens is 304 g/mol. The van der Waals surface area contributed by atoms with Gasteiger partial charge in [0, 0.05) is 17.7 Å². The maximum atomic E-state index is 4.17. The van der Waals surface area contributed by atoms with E-state index in [0.29, 0.717) is 5.92 Å². The van der Waals surface area contributed by atoms with Gasteiger partial charge < -0.3 is 5.32 Å². The van der Waals surface area contributed by atoms with E-state index in [4.69, 9.17) is 0 Å². The molecule has 0 aliphatic heterocycles. The fourth-order valence-corrected chi connectivity index (χ4v) is 2.51. The maximum absolute atomic E-state index is 4.17. The summed E-state index contributed by atoms with van der Waals surface area (Å²) in [7, 11) is 3.89. The third-order valence-corrected chi connectivity index (χ3v) is 3.61. The first-order chi connectivity index (χ1) is 9.17. The molecule has 4 nitrogen and oxygen atoms in total. The fourth-order valence-electron chi connectivity index (χ4n) is 2.24. The van der Waals surface area contributed by atoms with Gasteiger partial charge in [-0.25, -0.2) is 0 Å². The van der Waals surface area contributed by atoms with Crippen LogP contribution in [0.4, 0.5) is 0 Å². The van der Waals surface area contributed by atoms with Crippen LogP contribution in [-0.2, 0) is 19.9 Å². The van der Waals surface area contributed by atoms with Crippen LogP contribution in [0.2, 0.25) is 0 Å². The molecule has 0 radical (unpaired) electrons. The molecule has 1 unspecified atom stereocenters. The molecule has 19 heavy (non-hydrogen) atoms. The molecule has 0 fully saturated rings. The maximum Gasteiger partial charge on any atom is 0.0830 e. The van der Waals surface area contributed by atoms with E-state index in [1.54, 1.807) is 4.68 Å². The van der Waals surface area contributed by atoms with Gasteiger partial charge in [-0.05, 0) is 50.0 Å². The molecule has 1 atom stereocenters. The first-order valence-corrected chi connectivity index (χ1v) is 7.21. The number of hydrogen-bond donors (Lipinski definition) is 1. The lowest BCUT2D eigenvalue weighted by molar-refractivity contribution is 0.488. The molecular formula is C14H19BrN4. The van der Waals surface area contributed by atoms with Crippen LogP contribution < -0.4 is 5.32 Å². The summed E-state index contributed by atoms with van der Waals surface area (Å²) in [4.78, 5) is 0. The second kappa shape index (κ2) is 6.82. The summed E-state index contributed by atoms with van der Waals surface area (Å²) in [6.45, 7) is 0.979. The molecule has 0 saturated carbocycles. The molecule has 0 saturated heterocycles. The number of nitrogens with one attached hydrogen (secondary N) is 1. The highest BCUT2D eigenvalue weighted by Crippen LogP contribution is 2.16. The number of halogens is 1. The van der Waals surface area contributed by atoms with Crippen LogP contribution in [0, 0.1) is 5.92 Å². The highest BCUT2D eigenvalue weighted by Gasteiger charge is 2.12. The molecule has 0 amide bonds. The second-order valence-electron chi connectivity index (χ2n) is 4.84. The molecule has 0 spiro atoms. The standard InChI is InChI=1S/C14H19BrN4/c1-16-9-12(8-14-10-19(2)18-17-14)7-11-3-5-13(15)6-4-11/h3-6,10,12,16H,7-9H2,1-2H3. The van der Waals surface area contributed by atoms with Crippen molar-refractivity contribution in [2.45, 2.75) is 12.8 Å². The van der Waals surface area contributed by atoms with Crippen LogP contribution in [0.15, 0.2) is 34.9 Å². The fraction of sp³-hybridized carbons (Fsp3) is 0.429. The normalized spacial score (nSPS) is 12.6. The van der Waals surface area contributed by atoms with E-state index in [1.165, 1.54) is 5.56 Å². The summed E-state index contributed by atoms with van der Waals surface area (Å²) in [5, 5.41) is 11.4. The monoisotopic (exact) mass is 322 g/mol. The van der Waals surface area contributed by atoms with Gasteiger partial charge in [-0.15, -0.1) is 5.10 Å². The summed E-state index contributed by atoms with van der Waals surface area (Å²) in [5.74, 6) is 0.530. The Morgan fingerprint density at radius 3 is 2.58 bits per heavy atom. The largest absolute Gasteiger partial charge is 0.319 e. The lowest BCUT2D eigenvalue weighted by atomic mass is 9.95. The molecule has 5 heteroatoms. The molecule has 1 heterocycles. The van der Waals surface area contributed by atoms with Gasteiger partial charge in [-0.1, -0.05) is 33.3 Å². The molecule has 1 aromatic carbocycles. The number of rotatable bonds is 6. The zero-order valence-electron chi connectivity index (χ0n) is 11.3. The smallest absolute Gasteiger partial charge is 0.0830 e. The molecule has 0 aliphatic rings. The first-order valence-electron chi connectivity index (χ1n) is 6.41. The third kappa shape index (κ3) is 4.44. The van der Waals surface area contributed by atoms with Crippen molar-refractivity contribution in [3.8, 4) is 0 Å². The van der Waals surface area contributed by atoms with E-state index in [-0.39, 0.29) is 0 Å². The van der Waals surface area contributed by atoms with E-state index < -0.39 is 0 Å². The highest BCUT2D eigenvalue weighted by atomic mass is 79.9. The highest BCUT2D eigenvalue weighted by molar-refractivity contribution is 9.10. The summed E-state index contributed by atoms with van der Waals surface area (Å²) in [5.41, 5.74) is 2.41. The molecule has 0 bridgehead atoms. The first kappa shape index (κ1) is 14.2. The van der Waals surface area contributed by atoms with Crippen LogP contribution in [0.1, 0.15) is 11.3 Å². The van der Waals surface area contributed by atoms with Crippen LogP contribution >= 0.6 is 15.9 Å². The van der Waals surface area contributed by atoms with Gasteiger partial charge in [-0.3, -0.25) is 4.68 Å². The van der Waals surface area contributed by atoms with Crippen molar-refractivity contribution in [1.29, 1.82) is 0 Å². The van der Waals surface area contributed by atoms with Crippen molar-refractivity contribution in [2.75, 3.05) is 13.6 Å². The van der Waals surface area contributed by atoms with Crippen molar-refractivity contribution < 1.29 is 0 Å². The lowest BCUT2D eigenvalue weighted by Crippen LogP contribution is -2.23. The number of nitrogens with zero attached hydrogens (tertiary/aromatic N) is 3. The zero-order chi connectivity index (χ0) is 13.7. The van der Waals surface area contributed by atoms with Gasteiger partial charge >= 0.3 is 0 Å². The van der Waals surface area contributed by atoms with Crippen molar-refractivity contribution in [2.24, 2.45) is 13.0 Å². The van der Waals surface area contributed by atoms with E-state index in [0.717, 1.165) is 29.6 Å². The van der Waals surface area contributed by atoms with E-state index in [1.807, 2.05) is 20.3 Å². The van der Waals surface area contributed by atoms with Crippen LogP contribution in [-0.4, -0.2) is 28.6 Å². The molecule has 1 N–H and O–H groups in total. The van der Waals surface area contributed by atoms with E-state index >= 15 is 0 Å². The summed E-state index contributed by atoms with van der Waals surface area (Å²) >= 11 is 3.47. The predicted octanol–water partition coefficient (Wildman–Crippen LogP) is 2.20. The Bertz CT molecular complexity index is 506. The summed E-state index contributed by atoms with van der Waals surface area (Å²) in [6, 6.07) is 8.52. The minimum Gasteiger partial charge on any atom is -0.319 e. The van der Waals surface area contributed by atoms with Gasteiger partial charge in [0.05, 0.1) is 5.69 Å².